The Labute approximate surface area is 152 Å². The minimum absolute atomic E-state index is 0.0320. The zero-order valence-corrected chi connectivity index (χ0v) is 14.9. The van der Waals surface area contributed by atoms with E-state index in [0.29, 0.717) is 17.6 Å². The lowest BCUT2D eigenvalue weighted by Gasteiger charge is -2.16. The number of aromatic nitrogens is 1. The van der Waals surface area contributed by atoms with Gasteiger partial charge in [0.05, 0.1) is 5.52 Å². The van der Waals surface area contributed by atoms with Crippen LogP contribution >= 0.6 is 0 Å². The van der Waals surface area contributed by atoms with E-state index >= 15 is 0 Å². The maximum Gasteiger partial charge on any atom is 0.420 e. The van der Waals surface area contributed by atoms with Crippen molar-refractivity contribution in [3.05, 3.63) is 70.7 Å². The first-order valence-electron chi connectivity index (χ1n) is 8.71. The molecule has 0 spiro atoms. The van der Waals surface area contributed by atoms with Crippen molar-refractivity contribution in [2.24, 2.45) is 0 Å². The second kappa shape index (κ2) is 8.49. The Morgan fingerprint density at radius 3 is 2.65 bits per heavy atom. The molecule has 0 unspecified atom stereocenters. The molecule has 6 nitrogen and oxygen atoms in total. The zero-order chi connectivity index (χ0) is 18.4. The van der Waals surface area contributed by atoms with Gasteiger partial charge in [-0.25, -0.2) is 4.79 Å². The van der Waals surface area contributed by atoms with Gasteiger partial charge in [-0.3, -0.25) is 9.36 Å². The third-order valence-electron chi connectivity index (χ3n) is 4.21. The number of oxazole rings is 1. The number of nitrogens with one attached hydrogen (secondary N) is 1. The van der Waals surface area contributed by atoms with Crippen LogP contribution in [0.5, 0.6) is 0 Å². The minimum atomic E-state index is -0.510. The van der Waals surface area contributed by atoms with Gasteiger partial charge in [0.2, 0.25) is 5.91 Å². The molecule has 26 heavy (non-hydrogen) atoms. The lowest BCUT2D eigenvalue weighted by atomic mass is 10.2. The summed E-state index contributed by atoms with van der Waals surface area (Å²) in [5.41, 5.74) is 2.40. The van der Waals surface area contributed by atoms with Gasteiger partial charge in [0.15, 0.2) is 5.58 Å². The number of rotatable bonds is 8. The molecule has 0 atom stereocenters. The standard InChI is InChI=1S/C20H23N3O3/c1-22(14-16-8-3-2-4-9-16)13-7-12-21-19(24)15-23-17-10-5-6-11-18(17)26-20(23)25/h2-6,8-11H,7,12-15H2,1H3,(H,21,24). The van der Waals surface area contributed by atoms with E-state index < -0.39 is 5.76 Å². The van der Waals surface area contributed by atoms with Crippen molar-refractivity contribution in [1.29, 1.82) is 0 Å². The molecule has 6 heteroatoms. The predicted molar refractivity (Wildman–Crippen MR) is 101 cm³/mol. The first-order valence-corrected chi connectivity index (χ1v) is 8.71. The van der Waals surface area contributed by atoms with Crippen LogP contribution in [0.4, 0.5) is 0 Å². The van der Waals surface area contributed by atoms with Crippen LogP contribution in [0, 0.1) is 0 Å². The van der Waals surface area contributed by atoms with Gasteiger partial charge in [-0.15, -0.1) is 0 Å². The Bertz CT molecular complexity index is 915. The smallest absolute Gasteiger partial charge is 0.408 e. The molecule has 0 saturated carbocycles. The molecule has 1 aromatic heterocycles. The molecular weight excluding hydrogens is 330 g/mol. The Morgan fingerprint density at radius 2 is 1.85 bits per heavy atom. The molecule has 136 valence electrons. The van der Waals surface area contributed by atoms with E-state index in [4.69, 9.17) is 4.42 Å². The second-order valence-corrected chi connectivity index (χ2v) is 6.35. The number of nitrogens with zero attached hydrogens (tertiary/aromatic N) is 2. The lowest BCUT2D eigenvalue weighted by Crippen LogP contribution is -2.32. The average molecular weight is 353 g/mol. The third-order valence-corrected chi connectivity index (χ3v) is 4.21. The fourth-order valence-electron chi connectivity index (χ4n) is 2.91. The summed E-state index contributed by atoms with van der Waals surface area (Å²) < 4.78 is 6.49. The molecule has 3 rings (SSSR count). The quantitative estimate of drug-likeness (QED) is 0.631. The van der Waals surface area contributed by atoms with Crippen molar-refractivity contribution < 1.29 is 9.21 Å². The number of carbonyl (C=O) groups excluding carboxylic acids is 1. The van der Waals surface area contributed by atoms with E-state index in [0.717, 1.165) is 19.5 Å². The van der Waals surface area contributed by atoms with Gasteiger partial charge in [0.25, 0.3) is 0 Å². The van der Waals surface area contributed by atoms with Crippen LogP contribution in [0.3, 0.4) is 0 Å². The maximum atomic E-state index is 12.1. The van der Waals surface area contributed by atoms with Crippen molar-refractivity contribution in [2.45, 2.75) is 19.5 Å². The Morgan fingerprint density at radius 1 is 1.12 bits per heavy atom. The van der Waals surface area contributed by atoms with Crippen LogP contribution in [0.2, 0.25) is 0 Å². The summed E-state index contributed by atoms with van der Waals surface area (Å²) in [7, 11) is 2.06. The van der Waals surface area contributed by atoms with Gasteiger partial charge in [0, 0.05) is 13.1 Å². The molecule has 3 aromatic rings. The van der Waals surface area contributed by atoms with Crippen LogP contribution in [0.25, 0.3) is 11.1 Å². The Hall–Kier alpha value is -2.86. The summed E-state index contributed by atoms with van der Waals surface area (Å²) in [5, 5.41) is 2.87. The molecule has 0 saturated heterocycles. The fourth-order valence-corrected chi connectivity index (χ4v) is 2.91. The number of carbonyl (C=O) groups is 1. The van der Waals surface area contributed by atoms with Gasteiger partial charge in [-0.05, 0) is 37.7 Å². The highest BCUT2D eigenvalue weighted by molar-refractivity contribution is 5.79. The van der Waals surface area contributed by atoms with Gasteiger partial charge >= 0.3 is 5.76 Å². The minimum Gasteiger partial charge on any atom is -0.408 e. The van der Waals surface area contributed by atoms with Crippen molar-refractivity contribution in [2.75, 3.05) is 20.1 Å². The molecule has 1 heterocycles. The highest BCUT2D eigenvalue weighted by Crippen LogP contribution is 2.11. The highest BCUT2D eigenvalue weighted by atomic mass is 16.4. The summed E-state index contributed by atoms with van der Waals surface area (Å²) in [6.45, 7) is 2.30. The Kier molecular flexibility index (Phi) is 5.86. The zero-order valence-electron chi connectivity index (χ0n) is 14.9. The van der Waals surface area contributed by atoms with E-state index in [2.05, 4.69) is 29.4 Å². The lowest BCUT2D eigenvalue weighted by molar-refractivity contribution is -0.121. The monoisotopic (exact) mass is 353 g/mol. The van der Waals surface area contributed by atoms with Gasteiger partial charge in [-0.2, -0.15) is 0 Å². The van der Waals surface area contributed by atoms with Crippen molar-refractivity contribution >= 4 is 17.0 Å². The van der Waals surface area contributed by atoms with Crippen LogP contribution in [-0.4, -0.2) is 35.5 Å². The van der Waals surface area contributed by atoms with E-state index in [-0.39, 0.29) is 12.5 Å². The van der Waals surface area contributed by atoms with E-state index in [1.807, 2.05) is 24.3 Å². The van der Waals surface area contributed by atoms with Crippen molar-refractivity contribution in [1.82, 2.24) is 14.8 Å². The fraction of sp³-hybridized carbons (Fsp3) is 0.300. The summed E-state index contributed by atoms with van der Waals surface area (Å²) >= 11 is 0. The molecule has 0 bridgehead atoms. The van der Waals surface area contributed by atoms with Gasteiger partial charge < -0.3 is 14.6 Å². The number of fused-ring (bicyclic) bond motifs is 1. The molecular formula is C20H23N3O3. The summed E-state index contributed by atoms with van der Waals surface area (Å²) in [5.74, 6) is -0.701. The van der Waals surface area contributed by atoms with Crippen LogP contribution in [-0.2, 0) is 17.9 Å². The van der Waals surface area contributed by atoms with Gasteiger partial charge in [0.1, 0.15) is 6.54 Å². The molecule has 0 aliphatic heterocycles. The first-order chi connectivity index (χ1) is 12.6. The van der Waals surface area contributed by atoms with Crippen molar-refractivity contribution in [3.63, 3.8) is 0 Å². The van der Waals surface area contributed by atoms with Crippen LogP contribution in [0.1, 0.15) is 12.0 Å². The molecule has 0 radical (unpaired) electrons. The van der Waals surface area contributed by atoms with E-state index in [9.17, 15) is 9.59 Å². The molecule has 1 amide bonds. The van der Waals surface area contributed by atoms with Crippen LogP contribution < -0.4 is 11.1 Å². The molecule has 1 N–H and O–H groups in total. The maximum absolute atomic E-state index is 12.1. The largest absolute Gasteiger partial charge is 0.420 e. The normalized spacial score (nSPS) is 11.2. The number of benzene rings is 2. The summed E-state index contributed by atoms with van der Waals surface area (Å²) in [6, 6.07) is 17.4. The third kappa shape index (κ3) is 4.61. The number of para-hydroxylation sites is 2. The highest BCUT2D eigenvalue weighted by Gasteiger charge is 2.11. The van der Waals surface area contributed by atoms with Crippen LogP contribution in [0.15, 0.2) is 63.8 Å². The van der Waals surface area contributed by atoms with E-state index in [1.165, 1.54) is 10.1 Å². The number of hydrogen-bond acceptors (Lipinski definition) is 4. The molecule has 2 aromatic carbocycles. The molecule has 0 aliphatic carbocycles. The number of hydrogen-bond donors (Lipinski definition) is 1. The predicted octanol–water partition coefficient (Wildman–Crippen LogP) is 2.23. The van der Waals surface area contributed by atoms with E-state index in [1.54, 1.807) is 18.2 Å². The average Bonchev–Trinajstić information content (AvgIpc) is 2.95. The Balaban J connectivity index is 1.43. The molecule has 0 fully saturated rings. The SMILES string of the molecule is CN(CCCNC(=O)Cn1c(=O)oc2ccccc21)Cc1ccccc1. The topological polar surface area (TPSA) is 67.5 Å². The number of amides is 1. The van der Waals surface area contributed by atoms with Crippen molar-refractivity contribution in [3.8, 4) is 0 Å². The second-order valence-electron chi connectivity index (χ2n) is 6.35. The molecule has 0 aliphatic rings. The summed E-state index contributed by atoms with van der Waals surface area (Å²) in [4.78, 5) is 26.2. The summed E-state index contributed by atoms with van der Waals surface area (Å²) in [6.07, 6.45) is 0.843. The van der Waals surface area contributed by atoms with Gasteiger partial charge in [-0.1, -0.05) is 42.5 Å². The first kappa shape index (κ1) is 17.9.